The van der Waals surface area contributed by atoms with Crippen LogP contribution in [0.1, 0.15) is 0 Å². The highest BCUT2D eigenvalue weighted by Gasteiger charge is 2.23. The van der Waals surface area contributed by atoms with Crippen LogP contribution in [0, 0.1) is 10.1 Å². The molecule has 4 heterocycles. The molecule has 3 amide bonds. The van der Waals surface area contributed by atoms with Gasteiger partial charge < -0.3 is 35.4 Å². The van der Waals surface area contributed by atoms with E-state index in [1.807, 2.05) is 9.80 Å². The predicted molar refractivity (Wildman–Crippen MR) is 113 cm³/mol. The van der Waals surface area contributed by atoms with E-state index in [1.54, 1.807) is 29.3 Å². The summed E-state index contributed by atoms with van der Waals surface area (Å²) in [6, 6.07) is 6.38. The lowest BCUT2D eigenvalue weighted by atomic mass is 10.3. The zero-order valence-electron chi connectivity index (χ0n) is 16.7. The third-order valence-corrected chi connectivity index (χ3v) is 5.21. The maximum absolute atomic E-state index is 12.6. The van der Waals surface area contributed by atoms with Gasteiger partial charge in [-0.25, -0.2) is 9.78 Å². The van der Waals surface area contributed by atoms with E-state index in [9.17, 15) is 19.7 Å². The molecule has 4 rings (SSSR count). The first-order valence-electron chi connectivity index (χ1n) is 9.88. The molecule has 2 N–H and O–H groups in total. The summed E-state index contributed by atoms with van der Waals surface area (Å²) in [6.45, 7) is 3.77. The number of urea groups is 1. The Morgan fingerprint density at radius 3 is 2.45 bits per heavy atom. The van der Waals surface area contributed by atoms with Crippen molar-refractivity contribution in [2.75, 3.05) is 60.9 Å². The number of nitrogens with zero attached hydrogens (tertiary/aromatic N) is 6. The van der Waals surface area contributed by atoms with Crippen LogP contribution in [0.4, 0.5) is 27.8 Å². The Balaban J connectivity index is 1.29. The molecule has 0 unspecified atom stereocenters. The standard InChI is InChI=1S/C19H22N8O4/c28-18-13-26(6-5-20-18)16-3-1-14(11-21-16)23-19(29)25-9-7-24(8-10-25)15-2-4-17(22-12-15)27(30)31/h1-4,11-12H,5-10,13H2,(H,20,28)(H,23,29). The first-order valence-corrected chi connectivity index (χ1v) is 9.88. The summed E-state index contributed by atoms with van der Waals surface area (Å²) in [5.74, 6) is 0.470. The summed E-state index contributed by atoms with van der Waals surface area (Å²) in [5, 5.41) is 16.3. The fourth-order valence-electron chi connectivity index (χ4n) is 3.52. The van der Waals surface area contributed by atoms with Gasteiger partial charge >= 0.3 is 11.8 Å². The van der Waals surface area contributed by atoms with E-state index in [-0.39, 0.29) is 24.3 Å². The van der Waals surface area contributed by atoms with Gasteiger partial charge in [0.15, 0.2) is 6.20 Å². The lowest BCUT2D eigenvalue weighted by Gasteiger charge is -2.35. The zero-order valence-corrected chi connectivity index (χ0v) is 16.7. The highest BCUT2D eigenvalue weighted by molar-refractivity contribution is 5.89. The molecule has 0 bridgehead atoms. The molecule has 0 radical (unpaired) electrons. The molecule has 12 nitrogen and oxygen atoms in total. The molecule has 0 spiro atoms. The van der Waals surface area contributed by atoms with Crippen molar-refractivity contribution in [2.45, 2.75) is 0 Å². The number of piperazine rings is 2. The molecule has 12 heteroatoms. The second-order valence-corrected chi connectivity index (χ2v) is 7.21. The quantitative estimate of drug-likeness (QED) is 0.538. The monoisotopic (exact) mass is 426 g/mol. The Bertz CT molecular complexity index is 958. The summed E-state index contributed by atoms with van der Waals surface area (Å²) in [7, 11) is 0. The minimum absolute atomic E-state index is 0.0333. The molecule has 0 atom stereocenters. The summed E-state index contributed by atoms with van der Waals surface area (Å²) >= 11 is 0. The SMILES string of the molecule is O=C1CN(c2ccc(NC(=O)N3CCN(c4ccc([N+](=O)[O-])nc4)CC3)cn2)CCN1. The van der Waals surface area contributed by atoms with Crippen LogP contribution in [0.25, 0.3) is 0 Å². The van der Waals surface area contributed by atoms with E-state index < -0.39 is 4.92 Å². The number of hydrogen-bond acceptors (Lipinski definition) is 8. The fourth-order valence-corrected chi connectivity index (χ4v) is 3.52. The Morgan fingerprint density at radius 2 is 1.84 bits per heavy atom. The van der Waals surface area contributed by atoms with E-state index in [4.69, 9.17) is 0 Å². The Hall–Kier alpha value is -3.96. The van der Waals surface area contributed by atoms with Crippen molar-refractivity contribution in [1.29, 1.82) is 0 Å². The van der Waals surface area contributed by atoms with E-state index in [0.29, 0.717) is 50.8 Å². The van der Waals surface area contributed by atoms with Crippen molar-refractivity contribution in [3.63, 3.8) is 0 Å². The van der Waals surface area contributed by atoms with Gasteiger partial charge in [-0.1, -0.05) is 0 Å². The van der Waals surface area contributed by atoms with Crippen molar-refractivity contribution >= 4 is 34.9 Å². The molecular formula is C19H22N8O4. The summed E-state index contributed by atoms with van der Waals surface area (Å²) in [4.78, 5) is 48.1. The van der Waals surface area contributed by atoms with Crippen molar-refractivity contribution in [1.82, 2.24) is 20.2 Å². The van der Waals surface area contributed by atoms with Crippen LogP contribution in [-0.2, 0) is 4.79 Å². The third-order valence-electron chi connectivity index (χ3n) is 5.21. The predicted octanol–water partition coefficient (Wildman–Crippen LogP) is 0.675. The van der Waals surface area contributed by atoms with Crippen LogP contribution in [-0.4, -0.2) is 77.5 Å². The van der Waals surface area contributed by atoms with Crippen LogP contribution in [0.2, 0.25) is 0 Å². The number of carbonyl (C=O) groups excluding carboxylic acids is 2. The molecular weight excluding hydrogens is 404 g/mol. The summed E-state index contributed by atoms with van der Waals surface area (Å²) < 4.78 is 0. The Labute approximate surface area is 178 Å². The smallest absolute Gasteiger partial charge is 0.363 e. The van der Waals surface area contributed by atoms with Crippen LogP contribution in [0.15, 0.2) is 36.7 Å². The van der Waals surface area contributed by atoms with Crippen LogP contribution < -0.4 is 20.4 Å². The molecule has 31 heavy (non-hydrogen) atoms. The van der Waals surface area contributed by atoms with E-state index in [2.05, 4.69) is 20.6 Å². The third kappa shape index (κ3) is 4.79. The van der Waals surface area contributed by atoms with Crippen molar-refractivity contribution in [2.24, 2.45) is 0 Å². The summed E-state index contributed by atoms with van der Waals surface area (Å²) in [6.07, 6.45) is 3.06. The fraction of sp³-hybridized carbons (Fsp3) is 0.368. The number of amides is 3. The molecule has 0 saturated carbocycles. The largest absolute Gasteiger partial charge is 0.365 e. The van der Waals surface area contributed by atoms with E-state index in [1.165, 1.54) is 12.3 Å². The lowest BCUT2D eigenvalue weighted by Crippen LogP contribution is -2.50. The second-order valence-electron chi connectivity index (χ2n) is 7.21. The van der Waals surface area contributed by atoms with Crippen molar-refractivity contribution in [3.05, 3.63) is 46.8 Å². The van der Waals surface area contributed by atoms with Gasteiger partial charge in [0.25, 0.3) is 0 Å². The van der Waals surface area contributed by atoms with E-state index >= 15 is 0 Å². The zero-order chi connectivity index (χ0) is 21.8. The maximum atomic E-state index is 12.6. The van der Waals surface area contributed by atoms with Gasteiger partial charge in [0.05, 0.1) is 24.1 Å². The topological polar surface area (TPSA) is 137 Å². The van der Waals surface area contributed by atoms with Gasteiger partial charge in [-0.15, -0.1) is 0 Å². The minimum Gasteiger partial charge on any atom is -0.365 e. The normalized spacial score (nSPS) is 16.6. The Kier molecular flexibility index (Phi) is 5.78. The first kappa shape index (κ1) is 20.3. The Morgan fingerprint density at radius 1 is 1.03 bits per heavy atom. The lowest BCUT2D eigenvalue weighted by molar-refractivity contribution is -0.389. The number of carbonyl (C=O) groups is 2. The van der Waals surface area contributed by atoms with Crippen molar-refractivity contribution in [3.8, 4) is 0 Å². The number of rotatable bonds is 4. The number of nitrogens with one attached hydrogen (secondary N) is 2. The van der Waals surface area contributed by atoms with Gasteiger partial charge in [0.2, 0.25) is 5.91 Å². The highest BCUT2D eigenvalue weighted by Crippen LogP contribution is 2.19. The molecule has 2 aromatic rings. The molecule has 2 aromatic heterocycles. The molecule has 2 fully saturated rings. The van der Waals surface area contributed by atoms with Gasteiger partial charge in [0.1, 0.15) is 5.82 Å². The van der Waals surface area contributed by atoms with Gasteiger partial charge in [-0.3, -0.25) is 4.79 Å². The first-order chi connectivity index (χ1) is 15.0. The van der Waals surface area contributed by atoms with Gasteiger partial charge in [0, 0.05) is 45.3 Å². The second kappa shape index (κ2) is 8.81. The van der Waals surface area contributed by atoms with Crippen LogP contribution in [0.5, 0.6) is 0 Å². The van der Waals surface area contributed by atoms with Gasteiger partial charge in [-0.2, -0.15) is 0 Å². The molecule has 0 aromatic carbocycles. The number of aromatic nitrogens is 2. The minimum atomic E-state index is -0.531. The molecule has 2 saturated heterocycles. The van der Waals surface area contributed by atoms with Gasteiger partial charge in [-0.05, 0) is 28.1 Å². The summed E-state index contributed by atoms with van der Waals surface area (Å²) in [5.41, 5.74) is 1.37. The van der Waals surface area contributed by atoms with Crippen LogP contribution in [0.3, 0.4) is 0 Å². The molecule has 162 valence electrons. The molecule has 0 aliphatic carbocycles. The number of nitro groups is 1. The van der Waals surface area contributed by atoms with E-state index in [0.717, 1.165) is 5.69 Å². The molecule has 2 aliphatic rings. The average Bonchev–Trinajstić information content (AvgIpc) is 2.80. The average molecular weight is 426 g/mol. The number of pyridine rings is 2. The highest BCUT2D eigenvalue weighted by atomic mass is 16.6. The number of hydrogen-bond donors (Lipinski definition) is 2. The maximum Gasteiger partial charge on any atom is 0.363 e. The molecule has 2 aliphatic heterocycles. The van der Waals surface area contributed by atoms with Crippen LogP contribution >= 0.6 is 0 Å². The van der Waals surface area contributed by atoms with Crippen molar-refractivity contribution < 1.29 is 14.5 Å². The number of anilines is 3.